The third kappa shape index (κ3) is 3.20. The summed E-state index contributed by atoms with van der Waals surface area (Å²) in [4.78, 5) is 23.0. The Hall–Kier alpha value is -2.53. The van der Waals surface area contributed by atoms with Gasteiger partial charge in [0.1, 0.15) is 5.75 Å². The zero-order chi connectivity index (χ0) is 15.5. The highest BCUT2D eigenvalue weighted by molar-refractivity contribution is 8.18. The molecule has 1 aliphatic rings. The van der Waals surface area contributed by atoms with Gasteiger partial charge in [0, 0.05) is 5.56 Å². The molecule has 2 aromatic carbocycles. The monoisotopic (exact) mass is 311 g/mol. The second-order valence-electron chi connectivity index (χ2n) is 4.91. The van der Waals surface area contributed by atoms with Gasteiger partial charge in [-0.3, -0.25) is 14.9 Å². The van der Waals surface area contributed by atoms with Crippen molar-refractivity contribution in [2.45, 2.75) is 6.42 Å². The van der Waals surface area contributed by atoms with Crippen LogP contribution in [0.25, 0.3) is 6.08 Å². The zero-order valence-electron chi connectivity index (χ0n) is 11.6. The summed E-state index contributed by atoms with van der Waals surface area (Å²) in [6.45, 7) is 0. The molecule has 1 fully saturated rings. The Kier molecular flexibility index (Phi) is 3.98. The number of carbonyl (C=O) groups excluding carboxylic acids is 2. The Labute approximate surface area is 131 Å². The molecule has 0 aromatic heterocycles. The number of benzene rings is 2. The smallest absolute Gasteiger partial charge is 0.290 e. The molecule has 0 saturated carbocycles. The van der Waals surface area contributed by atoms with Gasteiger partial charge in [0.2, 0.25) is 0 Å². The van der Waals surface area contributed by atoms with Gasteiger partial charge in [-0.25, -0.2) is 0 Å². The van der Waals surface area contributed by atoms with Gasteiger partial charge in [-0.1, -0.05) is 36.4 Å². The summed E-state index contributed by atoms with van der Waals surface area (Å²) in [7, 11) is 0. The first kappa shape index (κ1) is 14.4. The Bertz CT molecular complexity index is 769. The second kappa shape index (κ2) is 6.07. The first-order valence-electron chi connectivity index (χ1n) is 6.72. The number of rotatable bonds is 3. The van der Waals surface area contributed by atoms with Crippen LogP contribution in [0.15, 0.2) is 53.4 Å². The normalized spacial score (nSPS) is 16.1. The summed E-state index contributed by atoms with van der Waals surface area (Å²) in [5, 5.41) is 11.7. The van der Waals surface area contributed by atoms with Gasteiger partial charge >= 0.3 is 0 Å². The molecule has 0 aliphatic carbocycles. The zero-order valence-corrected chi connectivity index (χ0v) is 12.4. The molecule has 1 saturated heterocycles. The van der Waals surface area contributed by atoms with Gasteiger partial charge in [0.15, 0.2) is 0 Å². The molecule has 1 aliphatic heterocycles. The molecule has 1 heterocycles. The van der Waals surface area contributed by atoms with Crippen LogP contribution < -0.4 is 5.32 Å². The molecule has 0 atom stereocenters. The fourth-order valence-electron chi connectivity index (χ4n) is 2.22. The quantitative estimate of drug-likeness (QED) is 0.854. The average Bonchev–Trinajstić information content (AvgIpc) is 2.81. The second-order valence-corrected chi connectivity index (χ2v) is 5.92. The molecule has 4 nitrogen and oxygen atoms in total. The molecule has 2 amide bonds. The van der Waals surface area contributed by atoms with E-state index in [0.29, 0.717) is 5.56 Å². The largest absolute Gasteiger partial charge is 0.507 e. The highest BCUT2D eigenvalue weighted by Crippen LogP contribution is 2.29. The molecular weight excluding hydrogens is 298 g/mol. The van der Waals surface area contributed by atoms with E-state index in [0.717, 1.165) is 29.3 Å². The number of phenolic OH excluding ortho intramolecular Hbond substituents is 1. The van der Waals surface area contributed by atoms with E-state index >= 15 is 0 Å². The van der Waals surface area contributed by atoms with Crippen molar-refractivity contribution in [1.82, 2.24) is 5.32 Å². The lowest BCUT2D eigenvalue weighted by Gasteiger charge is -2.06. The highest BCUT2D eigenvalue weighted by atomic mass is 32.2. The molecule has 110 valence electrons. The Morgan fingerprint density at radius 1 is 1.05 bits per heavy atom. The standard InChI is InChI=1S/C17H13NO3S/c19-14-7-6-12(8-11-4-2-1-3-5-11)9-13(14)10-15-16(20)18-17(21)22-15/h1-7,9-10,19H,8H2,(H,18,20,21). The van der Waals surface area contributed by atoms with Crippen LogP contribution in [0.3, 0.4) is 0 Å². The lowest BCUT2D eigenvalue weighted by atomic mass is 10.0. The topological polar surface area (TPSA) is 66.4 Å². The van der Waals surface area contributed by atoms with Crippen LogP contribution in [0.5, 0.6) is 5.75 Å². The van der Waals surface area contributed by atoms with Crippen LogP contribution in [0.2, 0.25) is 0 Å². The van der Waals surface area contributed by atoms with Crippen molar-refractivity contribution in [1.29, 1.82) is 0 Å². The molecule has 0 bridgehead atoms. The number of amides is 2. The van der Waals surface area contributed by atoms with Crippen molar-refractivity contribution in [3.05, 3.63) is 70.1 Å². The molecule has 3 rings (SSSR count). The van der Waals surface area contributed by atoms with Crippen molar-refractivity contribution in [2.24, 2.45) is 0 Å². The predicted octanol–water partition coefficient (Wildman–Crippen LogP) is 3.31. The van der Waals surface area contributed by atoms with Crippen LogP contribution in [-0.4, -0.2) is 16.3 Å². The first-order valence-corrected chi connectivity index (χ1v) is 7.54. The summed E-state index contributed by atoms with van der Waals surface area (Å²) in [5.41, 5.74) is 2.71. The SMILES string of the molecule is O=C1NC(=O)C(=Cc2cc(Cc3ccccc3)ccc2O)S1. The molecule has 22 heavy (non-hydrogen) atoms. The maximum Gasteiger partial charge on any atom is 0.290 e. The van der Waals surface area contributed by atoms with Crippen LogP contribution in [0, 0.1) is 0 Å². The number of imide groups is 1. The van der Waals surface area contributed by atoms with Gasteiger partial charge in [-0.2, -0.15) is 0 Å². The van der Waals surface area contributed by atoms with Gasteiger partial charge in [-0.05, 0) is 47.5 Å². The third-order valence-electron chi connectivity index (χ3n) is 3.27. The maximum absolute atomic E-state index is 11.6. The lowest BCUT2D eigenvalue weighted by Crippen LogP contribution is -2.17. The van der Waals surface area contributed by atoms with Crippen molar-refractivity contribution in [3.8, 4) is 5.75 Å². The van der Waals surface area contributed by atoms with Gasteiger partial charge < -0.3 is 5.11 Å². The fraction of sp³-hybridized carbons (Fsp3) is 0.0588. The number of phenols is 1. The van der Waals surface area contributed by atoms with Gasteiger partial charge in [0.05, 0.1) is 4.91 Å². The minimum atomic E-state index is -0.428. The van der Waals surface area contributed by atoms with E-state index in [-0.39, 0.29) is 10.7 Å². The van der Waals surface area contributed by atoms with Crippen LogP contribution in [-0.2, 0) is 11.2 Å². The summed E-state index contributed by atoms with van der Waals surface area (Å²) in [5.74, 6) is -0.347. The molecule has 0 spiro atoms. The molecule has 0 radical (unpaired) electrons. The van der Waals surface area contributed by atoms with Crippen molar-refractivity contribution in [3.63, 3.8) is 0 Å². The Balaban J connectivity index is 1.89. The first-order chi connectivity index (χ1) is 10.6. The molecular formula is C17H13NO3S. The third-order valence-corrected chi connectivity index (χ3v) is 4.08. The lowest BCUT2D eigenvalue weighted by molar-refractivity contribution is -0.115. The summed E-state index contributed by atoms with van der Waals surface area (Å²) in [6, 6.07) is 15.2. The van der Waals surface area contributed by atoms with Crippen LogP contribution in [0.1, 0.15) is 16.7 Å². The van der Waals surface area contributed by atoms with Crippen LogP contribution >= 0.6 is 11.8 Å². The minimum absolute atomic E-state index is 0.0806. The highest BCUT2D eigenvalue weighted by Gasteiger charge is 2.25. The molecule has 0 unspecified atom stereocenters. The van der Waals surface area contributed by atoms with E-state index in [2.05, 4.69) is 5.32 Å². The van der Waals surface area contributed by atoms with E-state index < -0.39 is 11.1 Å². The number of nitrogens with one attached hydrogen (secondary N) is 1. The van der Waals surface area contributed by atoms with E-state index in [1.807, 2.05) is 42.5 Å². The summed E-state index contributed by atoms with van der Waals surface area (Å²) < 4.78 is 0. The number of hydrogen-bond donors (Lipinski definition) is 2. The number of carbonyl (C=O) groups is 2. The molecule has 5 heteroatoms. The van der Waals surface area contributed by atoms with Gasteiger partial charge in [-0.15, -0.1) is 0 Å². The van der Waals surface area contributed by atoms with Crippen molar-refractivity contribution in [2.75, 3.05) is 0 Å². The van der Waals surface area contributed by atoms with E-state index in [4.69, 9.17) is 0 Å². The molecule has 2 N–H and O–H groups in total. The number of aromatic hydroxyl groups is 1. The summed E-state index contributed by atoms with van der Waals surface area (Å²) in [6.07, 6.45) is 2.27. The van der Waals surface area contributed by atoms with Crippen LogP contribution in [0.4, 0.5) is 4.79 Å². The van der Waals surface area contributed by atoms with E-state index in [1.165, 1.54) is 6.08 Å². The minimum Gasteiger partial charge on any atom is -0.507 e. The average molecular weight is 311 g/mol. The Morgan fingerprint density at radius 2 is 1.82 bits per heavy atom. The molecule has 2 aromatic rings. The number of hydrogen-bond acceptors (Lipinski definition) is 4. The van der Waals surface area contributed by atoms with E-state index in [9.17, 15) is 14.7 Å². The van der Waals surface area contributed by atoms with E-state index in [1.54, 1.807) is 6.07 Å². The number of thioether (sulfide) groups is 1. The Morgan fingerprint density at radius 3 is 2.50 bits per heavy atom. The van der Waals surface area contributed by atoms with Crippen molar-refractivity contribution < 1.29 is 14.7 Å². The summed E-state index contributed by atoms with van der Waals surface area (Å²) >= 11 is 0.837. The predicted molar refractivity (Wildman–Crippen MR) is 86.5 cm³/mol. The fourth-order valence-corrected chi connectivity index (χ4v) is 2.90. The van der Waals surface area contributed by atoms with Crippen molar-refractivity contribution >= 4 is 29.0 Å². The maximum atomic E-state index is 11.6. The van der Waals surface area contributed by atoms with Gasteiger partial charge in [0.25, 0.3) is 11.1 Å².